The highest BCUT2D eigenvalue weighted by atomic mass is 19.3. The van der Waals surface area contributed by atoms with Crippen LogP contribution in [0.4, 0.5) is 22.0 Å². The third-order valence-electron chi connectivity index (χ3n) is 8.60. The van der Waals surface area contributed by atoms with E-state index in [1.54, 1.807) is 24.3 Å². The lowest BCUT2D eigenvalue weighted by Gasteiger charge is -2.34. The zero-order valence-electron chi connectivity index (χ0n) is 26.2. The van der Waals surface area contributed by atoms with Crippen LogP contribution in [-0.4, -0.2) is 26.0 Å². The fourth-order valence-electron chi connectivity index (χ4n) is 5.96. The zero-order chi connectivity index (χ0) is 31.1. The number of unbranched alkanes of at least 4 members (excludes halogenated alkanes) is 9. The number of rotatable bonds is 21. The molecule has 0 saturated heterocycles. The van der Waals surface area contributed by atoms with Gasteiger partial charge in [0, 0.05) is 24.7 Å². The van der Waals surface area contributed by atoms with Gasteiger partial charge in [0.05, 0.1) is 5.56 Å². The Labute approximate surface area is 255 Å². The first-order valence-electron chi connectivity index (χ1n) is 16.6. The van der Waals surface area contributed by atoms with Crippen molar-refractivity contribution in [1.82, 2.24) is 0 Å². The molecule has 0 spiro atoms. The zero-order valence-corrected chi connectivity index (χ0v) is 26.2. The van der Waals surface area contributed by atoms with Crippen LogP contribution in [0.25, 0.3) is 11.1 Å². The van der Waals surface area contributed by atoms with Crippen molar-refractivity contribution in [3.63, 3.8) is 0 Å². The van der Waals surface area contributed by atoms with Gasteiger partial charge in [0.25, 0.3) is 5.92 Å². The Hall–Kier alpha value is -2.15. The summed E-state index contributed by atoms with van der Waals surface area (Å²) in [5.74, 6) is -6.74. The van der Waals surface area contributed by atoms with E-state index in [9.17, 15) is 4.39 Å². The van der Waals surface area contributed by atoms with Gasteiger partial charge >= 0.3 is 0 Å². The van der Waals surface area contributed by atoms with E-state index in [4.69, 9.17) is 9.47 Å². The number of aryl methyl sites for hydroxylation is 1. The molecule has 242 valence electrons. The predicted molar refractivity (Wildman–Crippen MR) is 165 cm³/mol. The molecule has 0 radical (unpaired) electrons. The van der Waals surface area contributed by atoms with Crippen LogP contribution in [0.15, 0.2) is 30.3 Å². The highest BCUT2D eigenvalue weighted by molar-refractivity contribution is 5.67. The van der Waals surface area contributed by atoms with Gasteiger partial charge < -0.3 is 9.47 Å². The quantitative estimate of drug-likeness (QED) is 0.103. The summed E-state index contributed by atoms with van der Waals surface area (Å²) in [5, 5.41) is 0. The third-order valence-corrected chi connectivity index (χ3v) is 8.60. The molecular formula is C36H51F5O2. The molecule has 0 heterocycles. The van der Waals surface area contributed by atoms with Gasteiger partial charge in [-0.15, -0.1) is 0 Å². The van der Waals surface area contributed by atoms with Crippen LogP contribution in [0.5, 0.6) is 5.75 Å². The summed E-state index contributed by atoms with van der Waals surface area (Å²) in [6.07, 6.45) is 12.2. The SMILES string of the molecule is CCCCCCCCC(F)COc1ccc(-c2cc3c(c(F)c2F)C(F)(F)C(CCCCCOCCCCC)CC3)cc1. The molecule has 0 aromatic heterocycles. The van der Waals surface area contributed by atoms with Gasteiger partial charge in [0.15, 0.2) is 11.6 Å². The van der Waals surface area contributed by atoms with Crippen LogP contribution in [0.1, 0.15) is 121 Å². The van der Waals surface area contributed by atoms with Crippen molar-refractivity contribution >= 4 is 0 Å². The number of benzene rings is 2. The monoisotopic (exact) mass is 610 g/mol. The Kier molecular flexibility index (Phi) is 15.3. The van der Waals surface area contributed by atoms with E-state index in [2.05, 4.69) is 13.8 Å². The average molecular weight is 611 g/mol. The van der Waals surface area contributed by atoms with Crippen LogP contribution >= 0.6 is 0 Å². The second-order valence-corrected chi connectivity index (χ2v) is 12.1. The van der Waals surface area contributed by atoms with Gasteiger partial charge in [-0.2, -0.15) is 0 Å². The number of hydrogen-bond acceptors (Lipinski definition) is 2. The molecule has 0 saturated carbocycles. The Balaban J connectivity index is 1.53. The minimum absolute atomic E-state index is 0.0533. The van der Waals surface area contributed by atoms with E-state index < -0.39 is 35.2 Å². The van der Waals surface area contributed by atoms with E-state index in [1.165, 1.54) is 25.3 Å². The molecule has 2 atom stereocenters. The van der Waals surface area contributed by atoms with Crippen molar-refractivity contribution in [2.24, 2.45) is 5.92 Å². The summed E-state index contributed by atoms with van der Waals surface area (Å²) in [5.41, 5.74) is -0.324. The lowest BCUT2D eigenvalue weighted by atomic mass is 9.77. The van der Waals surface area contributed by atoms with Gasteiger partial charge in [-0.3, -0.25) is 0 Å². The Bertz CT molecular complexity index is 1070. The largest absolute Gasteiger partial charge is 0.491 e. The number of alkyl halides is 3. The number of hydrogen-bond donors (Lipinski definition) is 0. The maximum absolute atomic E-state index is 15.5. The van der Waals surface area contributed by atoms with E-state index in [-0.39, 0.29) is 37.0 Å². The van der Waals surface area contributed by atoms with Crippen molar-refractivity contribution in [3.05, 3.63) is 53.1 Å². The molecule has 1 aliphatic rings. The molecule has 0 fully saturated rings. The third kappa shape index (κ3) is 10.8. The Morgan fingerprint density at radius 2 is 1.44 bits per heavy atom. The molecule has 2 nitrogen and oxygen atoms in total. The van der Waals surface area contributed by atoms with Gasteiger partial charge in [0.2, 0.25) is 0 Å². The fourth-order valence-corrected chi connectivity index (χ4v) is 5.96. The molecular weight excluding hydrogens is 559 g/mol. The molecule has 2 aromatic carbocycles. The van der Waals surface area contributed by atoms with Crippen LogP contribution in [-0.2, 0) is 17.1 Å². The average Bonchev–Trinajstić information content (AvgIpc) is 2.99. The minimum Gasteiger partial charge on any atom is -0.491 e. The molecule has 3 rings (SSSR count). The topological polar surface area (TPSA) is 18.5 Å². The predicted octanol–water partition coefficient (Wildman–Crippen LogP) is 11.5. The normalized spacial score (nSPS) is 16.7. The van der Waals surface area contributed by atoms with Crippen molar-refractivity contribution in [2.75, 3.05) is 19.8 Å². The van der Waals surface area contributed by atoms with Gasteiger partial charge in [0.1, 0.15) is 18.5 Å². The lowest BCUT2D eigenvalue weighted by molar-refractivity contribution is -0.0823. The second kappa shape index (κ2) is 18.6. The highest BCUT2D eigenvalue weighted by Crippen LogP contribution is 2.49. The van der Waals surface area contributed by atoms with E-state index in [0.29, 0.717) is 30.8 Å². The number of fused-ring (bicyclic) bond motifs is 1. The summed E-state index contributed by atoms with van der Waals surface area (Å²) in [6.45, 7) is 5.58. The van der Waals surface area contributed by atoms with Crippen LogP contribution in [0.3, 0.4) is 0 Å². The van der Waals surface area contributed by atoms with Gasteiger partial charge in [-0.1, -0.05) is 90.2 Å². The highest BCUT2D eigenvalue weighted by Gasteiger charge is 2.48. The number of halogens is 5. The maximum Gasteiger partial charge on any atom is 0.279 e. The van der Waals surface area contributed by atoms with Crippen LogP contribution in [0.2, 0.25) is 0 Å². The van der Waals surface area contributed by atoms with Crippen molar-refractivity contribution in [2.45, 2.75) is 129 Å². The molecule has 0 amide bonds. The molecule has 2 unspecified atom stereocenters. The molecule has 43 heavy (non-hydrogen) atoms. The summed E-state index contributed by atoms with van der Waals surface area (Å²) in [7, 11) is 0. The summed E-state index contributed by atoms with van der Waals surface area (Å²) >= 11 is 0. The number of ether oxygens (including phenoxy) is 2. The summed E-state index contributed by atoms with van der Waals surface area (Å²) in [4.78, 5) is 0. The molecule has 0 N–H and O–H groups in total. The van der Waals surface area contributed by atoms with Gasteiger partial charge in [-0.05, 0) is 67.9 Å². The first-order chi connectivity index (χ1) is 20.8. The molecule has 1 aliphatic carbocycles. The first kappa shape index (κ1) is 35.3. The van der Waals surface area contributed by atoms with Crippen molar-refractivity contribution in [3.8, 4) is 16.9 Å². The first-order valence-corrected chi connectivity index (χ1v) is 16.6. The lowest BCUT2D eigenvalue weighted by Crippen LogP contribution is -2.33. The minimum atomic E-state index is -3.43. The van der Waals surface area contributed by atoms with Crippen LogP contribution in [0, 0.1) is 17.6 Å². The second-order valence-electron chi connectivity index (χ2n) is 12.1. The standard InChI is InChI=1S/C36H51F5O2/c1-3-5-7-8-9-12-16-30(37)26-43-31-21-18-27(19-22-31)32-25-28-17-20-29(36(40,41)33(28)35(39)34(32)38)15-11-10-14-24-42-23-13-6-4-2/h18-19,21-22,25,29-30H,3-17,20,23-24,26H2,1-2H3. The van der Waals surface area contributed by atoms with Gasteiger partial charge in [-0.25, -0.2) is 22.0 Å². The van der Waals surface area contributed by atoms with E-state index >= 15 is 17.6 Å². The van der Waals surface area contributed by atoms with Crippen molar-refractivity contribution in [1.29, 1.82) is 0 Å². The van der Waals surface area contributed by atoms with Crippen LogP contribution < -0.4 is 4.74 Å². The smallest absolute Gasteiger partial charge is 0.279 e. The van der Waals surface area contributed by atoms with Crippen molar-refractivity contribution < 1.29 is 31.4 Å². The maximum atomic E-state index is 15.5. The molecule has 0 bridgehead atoms. The fraction of sp³-hybridized carbons (Fsp3) is 0.667. The summed E-state index contributed by atoms with van der Waals surface area (Å²) < 4.78 is 86.8. The molecule has 2 aromatic rings. The van der Waals surface area contributed by atoms with E-state index in [0.717, 1.165) is 58.0 Å². The molecule has 0 aliphatic heterocycles. The van der Waals surface area contributed by atoms with E-state index in [1.807, 2.05) is 0 Å². The Morgan fingerprint density at radius 1 is 0.814 bits per heavy atom. The molecule has 7 heteroatoms. The Morgan fingerprint density at radius 3 is 2.16 bits per heavy atom. The summed E-state index contributed by atoms with van der Waals surface area (Å²) in [6, 6.07) is 7.62.